The van der Waals surface area contributed by atoms with E-state index in [0.29, 0.717) is 6.04 Å². The molecular formula is C14H20BrN. The topological polar surface area (TPSA) is 12.0 Å². The number of benzene rings is 1. The molecule has 1 nitrogen and oxygen atoms in total. The molecule has 0 saturated carbocycles. The van der Waals surface area contributed by atoms with Crippen LogP contribution in [-0.4, -0.2) is 6.54 Å². The Hall–Kier alpha value is -0.600. The van der Waals surface area contributed by atoms with Crippen LogP contribution in [0, 0.1) is 6.92 Å². The molecule has 0 spiro atoms. The van der Waals surface area contributed by atoms with Crippen molar-refractivity contribution in [1.29, 1.82) is 0 Å². The summed E-state index contributed by atoms with van der Waals surface area (Å²) in [5, 5.41) is 3.50. The second-order valence-electron chi connectivity index (χ2n) is 4.28. The van der Waals surface area contributed by atoms with Crippen LogP contribution in [0.5, 0.6) is 0 Å². The van der Waals surface area contributed by atoms with Gasteiger partial charge in [-0.1, -0.05) is 40.6 Å². The Kier molecular flexibility index (Phi) is 5.23. The molecule has 0 saturated heterocycles. The van der Waals surface area contributed by atoms with Gasteiger partial charge in [0, 0.05) is 4.47 Å². The standard InChI is InChI=1S/C14H20BrN/c1-5-16-14(8-10(2)3)13-9-12(15)7-6-11(13)4/h6-9,14,16H,5H2,1-4H3. The van der Waals surface area contributed by atoms with Crippen molar-refractivity contribution in [3.63, 3.8) is 0 Å². The first-order valence-corrected chi connectivity index (χ1v) is 6.48. The maximum atomic E-state index is 3.53. The molecule has 0 aliphatic heterocycles. The maximum absolute atomic E-state index is 3.53. The van der Waals surface area contributed by atoms with Crippen molar-refractivity contribution in [2.45, 2.75) is 33.7 Å². The molecule has 1 rings (SSSR count). The van der Waals surface area contributed by atoms with E-state index in [9.17, 15) is 0 Å². The smallest absolute Gasteiger partial charge is 0.0511 e. The number of likely N-dealkylation sites (N-methyl/N-ethyl adjacent to an activating group) is 1. The number of allylic oxidation sites excluding steroid dienone is 1. The van der Waals surface area contributed by atoms with E-state index >= 15 is 0 Å². The third kappa shape index (κ3) is 3.76. The fraction of sp³-hybridized carbons (Fsp3) is 0.429. The molecule has 16 heavy (non-hydrogen) atoms. The highest BCUT2D eigenvalue weighted by molar-refractivity contribution is 9.10. The Labute approximate surface area is 107 Å². The van der Waals surface area contributed by atoms with Crippen molar-refractivity contribution >= 4 is 15.9 Å². The predicted octanol–water partition coefficient (Wildman–Crippen LogP) is 4.37. The molecule has 0 bridgehead atoms. The van der Waals surface area contributed by atoms with Crippen LogP contribution in [0.2, 0.25) is 0 Å². The minimum Gasteiger partial charge on any atom is -0.307 e. The van der Waals surface area contributed by atoms with E-state index in [1.54, 1.807) is 0 Å². The molecule has 0 fully saturated rings. The van der Waals surface area contributed by atoms with Crippen LogP contribution in [0.1, 0.15) is 37.9 Å². The molecule has 0 heterocycles. The first kappa shape index (κ1) is 13.5. The highest BCUT2D eigenvalue weighted by Gasteiger charge is 2.10. The van der Waals surface area contributed by atoms with Crippen molar-refractivity contribution in [2.24, 2.45) is 0 Å². The van der Waals surface area contributed by atoms with Gasteiger partial charge in [-0.15, -0.1) is 0 Å². The second kappa shape index (κ2) is 6.21. The lowest BCUT2D eigenvalue weighted by atomic mass is 9.99. The molecular weight excluding hydrogens is 262 g/mol. The number of rotatable bonds is 4. The zero-order chi connectivity index (χ0) is 12.1. The molecule has 1 aromatic rings. The first-order chi connectivity index (χ1) is 7.54. The summed E-state index contributed by atoms with van der Waals surface area (Å²) >= 11 is 3.53. The normalized spacial score (nSPS) is 12.3. The highest BCUT2D eigenvalue weighted by atomic mass is 79.9. The molecule has 0 amide bonds. The second-order valence-corrected chi connectivity index (χ2v) is 5.20. The highest BCUT2D eigenvalue weighted by Crippen LogP contribution is 2.24. The predicted molar refractivity (Wildman–Crippen MR) is 74.7 cm³/mol. The van der Waals surface area contributed by atoms with E-state index in [1.165, 1.54) is 16.7 Å². The lowest BCUT2D eigenvalue weighted by Gasteiger charge is -2.18. The van der Waals surface area contributed by atoms with Crippen LogP contribution in [0.25, 0.3) is 0 Å². The van der Waals surface area contributed by atoms with E-state index in [1.807, 2.05) is 0 Å². The molecule has 88 valence electrons. The van der Waals surface area contributed by atoms with E-state index in [2.05, 4.69) is 73.2 Å². The Morgan fingerprint density at radius 3 is 2.69 bits per heavy atom. The third-order valence-corrected chi connectivity index (χ3v) is 2.99. The molecule has 2 heteroatoms. The summed E-state index contributed by atoms with van der Waals surface area (Å²) in [5.41, 5.74) is 4.01. The summed E-state index contributed by atoms with van der Waals surface area (Å²) in [5.74, 6) is 0. The van der Waals surface area contributed by atoms with Crippen molar-refractivity contribution in [2.75, 3.05) is 6.54 Å². The van der Waals surface area contributed by atoms with Crippen LogP contribution in [0.4, 0.5) is 0 Å². The van der Waals surface area contributed by atoms with Crippen LogP contribution in [0.15, 0.2) is 34.3 Å². The van der Waals surface area contributed by atoms with Crippen molar-refractivity contribution < 1.29 is 0 Å². The van der Waals surface area contributed by atoms with Crippen molar-refractivity contribution in [1.82, 2.24) is 5.32 Å². The summed E-state index contributed by atoms with van der Waals surface area (Å²) in [6.07, 6.45) is 2.28. The first-order valence-electron chi connectivity index (χ1n) is 5.69. The lowest BCUT2D eigenvalue weighted by Crippen LogP contribution is -2.20. The molecule has 1 N–H and O–H groups in total. The quantitative estimate of drug-likeness (QED) is 0.808. The molecule has 0 aromatic heterocycles. The lowest BCUT2D eigenvalue weighted by molar-refractivity contribution is 0.641. The third-order valence-electron chi connectivity index (χ3n) is 2.50. The Morgan fingerprint density at radius 2 is 2.12 bits per heavy atom. The van der Waals surface area contributed by atoms with Gasteiger partial charge in [0.1, 0.15) is 0 Å². The fourth-order valence-electron chi connectivity index (χ4n) is 1.76. The number of nitrogens with one attached hydrogen (secondary N) is 1. The SMILES string of the molecule is CCNC(C=C(C)C)c1cc(Br)ccc1C. The molecule has 0 aliphatic carbocycles. The minimum atomic E-state index is 0.312. The molecule has 1 unspecified atom stereocenters. The monoisotopic (exact) mass is 281 g/mol. The molecule has 1 atom stereocenters. The van der Waals surface area contributed by atoms with Gasteiger partial charge in [0.2, 0.25) is 0 Å². The van der Waals surface area contributed by atoms with Gasteiger partial charge in [0.25, 0.3) is 0 Å². The van der Waals surface area contributed by atoms with Crippen molar-refractivity contribution in [3.8, 4) is 0 Å². The summed E-state index contributed by atoms with van der Waals surface area (Å²) < 4.78 is 1.14. The van der Waals surface area contributed by atoms with Crippen LogP contribution in [-0.2, 0) is 0 Å². The van der Waals surface area contributed by atoms with Gasteiger partial charge < -0.3 is 5.32 Å². The number of hydrogen-bond donors (Lipinski definition) is 1. The minimum absolute atomic E-state index is 0.312. The number of hydrogen-bond acceptors (Lipinski definition) is 1. The zero-order valence-electron chi connectivity index (χ0n) is 10.5. The van der Waals surface area contributed by atoms with Gasteiger partial charge in [-0.2, -0.15) is 0 Å². The van der Waals surface area contributed by atoms with Gasteiger partial charge in [-0.05, 0) is 50.6 Å². The van der Waals surface area contributed by atoms with Crippen LogP contribution < -0.4 is 5.32 Å². The summed E-state index contributed by atoms with van der Waals surface area (Å²) in [7, 11) is 0. The van der Waals surface area contributed by atoms with E-state index in [4.69, 9.17) is 0 Å². The van der Waals surface area contributed by atoms with E-state index < -0.39 is 0 Å². The van der Waals surface area contributed by atoms with E-state index in [-0.39, 0.29) is 0 Å². The van der Waals surface area contributed by atoms with Crippen LogP contribution >= 0.6 is 15.9 Å². The Balaban J connectivity index is 3.09. The van der Waals surface area contributed by atoms with E-state index in [0.717, 1.165) is 11.0 Å². The summed E-state index contributed by atoms with van der Waals surface area (Å²) in [6, 6.07) is 6.75. The van der Waals surface area contributed by atoms with Gasteiger partial charge >= 0.3 is 0 Å². The Morgan fingerprint density at radius 1 is 1.44 bits per heavy atom. The maximum Gasteiger partial charge on any atom is 0.0511 e. The van der Waals surface area contributed by atoms with Gasteiger partial charge in [-0.3, -0.25) is 0 Å². The average molecular weight is 282 g/mol. The number of halogens is 1. The molecule has 0 radical (unpaired) electrons. The summed E-state index contributed by atoms with van der Waals surface area (Å²) in [4.78, 5) is 0. The van der Waals surface area contributed by atoms with Gasteiger partial charge in [-0.25, -0.2) is 0 Å². The zero-order valence-corrected chi connectivity index (χ0v) is 12.1. The summed E-state index contributed by atoms with van der Waals surface area (Å²) in [6.45, 7) is 9.54. The molecule has 0 aliphatic rings. The number of aryl methyl sites for hydroxylation is 1. The Bertz CT molecular complexity index is 378. The van der Waals surface area contributed by atoms with Gasteiger partial charge in [0.15, 0.2) is 0 Å². The molecule has 1 aromatic carbocycles. The van der Waals surface area contributed by atoms with Crippen LogP contribution in [0.3, 0.4) is 0 Å². The van der Waals surface area contributed by atoms with Crippen molar-refractivity contribution in [3.05, 3.63) is 45.4 Å². The average Bonchev–Trinajstić information content (AvgIpc) is 2.20. The van der Waals surface area contributed by atoms with Gasteiger partial charge in [0.05, 0.1) is 6.04 Å². The fourth-order valence-corrected chi connectivity index (χ4v) is 2.14. The largest absolute Gasteiger partial charge is 0.307 e.